The summed E-state index contributed by atoms with van der Waals surface area (Å²) in [6.07, 6.45) is 0.669. The Morgan fingerprint density at radius 2 is 2.19 bits per heavy atom. The van der Waals surface area contributed by atoms with Crippen molar-refractivity contribution >= 4 is 5.91 Å². The van der Waals surface area contributed by atoms with E-state index in [2.05, 4.69) is 5.32 Å². The predicted octanol–water partition coefficient (Wildman–Crippen LogP) is 1.07. The highest BCUT2D eigenvalue weighted by Gasteiger charge is 2.14. The van der Waals surface area contributed by atoms with Gasteiger partial charge in [-0.2, -0.15) is 0 Å². The van der Waals surface area contributed by atoms with Gasteiger partial charge in [0, 0.05) is 6.04 Å². The van der Waals surface area contributed by atoms with Gasteiger partial charge in [0.2, 0.25) is 0 Å². The van der Waals surface area contributed by atoms with Crippen LogP contribution in [-0.2, 0) is 6.42 Å². The van der Waals surface area contributed by atoms with E-state index in [1.165, 1.54) is 0 Å². The summed E-state index contributed by atoms with van der Waals surface area (Å²) < 4.78 is 0. The molecule has 0 aliphatic carbocycles. The summed E-state index contributed by atoms with van der Waals surface area (Å²) in [5.41, 5.74) is 0.990. The van der Waals surface area contributed by atoms with Crippen molar-refractivity contribution in [2.75, 3.05) is 6.61 Å². The summed E-state index contributed by atoms with van der Waals surface area (Å²) in [4.78, 5) is 11.7. The lowest BCUT2D eigenvalue weighted by Gasteiger charge is -2.12. The van der Waals surface area contributed by atoms with Crippen molar-refractivity contribution < 1.29 is 15.0 Å². The summed E-state index contributed by atoms with van der Waals surface area (Å²) in [6.45, 7) is 3.48. The van der Waals surface area contributed by atoms with E-state index in [9.17, 15) is 9.90 Å². The third-order valence-electron chi connectivity index (χ3n) is 2.40. The number of amides is 1. The van der Waals surface area contributed by atoms with E-state index in [1.54, 1.807) is 25.1 Å². The molecule has 88 valence electrons. The molecule has 0 saturated carbocycles. The number of nitrogens with one attached hydrogen (secondary N) is 1. The molecule has 0 fully saturated rings. The zero-order chi connectivity index (χ0) is 12.1. The van der Waals surface area contributed by atoms with Gasteiger partial charge >= 0.3 is 0 Å². The Kier molecular flexibility index (Phi) is 4.31. The topological polar surface area (TPSA) is 69.6 Å². The molecular weight excluding hydrogens is 206 g/mol. The number of benzene rings is 1. The minimum absolute atomic E-state index is 0.0210. The van der Waals surface area contributed by atoms with Crippen LogP contribution in [0.25, 0.3) is 0 Å². The van der Waals surface area contributed by atoms with Gasteiger partial charge in [-0.3, -0.25) is 4.79 Å². The first-order valence-electron chi connectivity index (χ1n) is 5.32. The van der Waals surface area contributed by atoms with Crippen molar-refractivity contribution in [1.29, 1.82) is 0 Å². The second kappa shape index (κ2) is 5.51. The van der Waals surface area contributed by atoms with Crippen molar-refractivity contribution in [3.63, 3.8) is 0 Å². The highest BCUT2D eigenvalue weighted by molar-refractivity contribution is 5.97. The third-order valence-corrected chi connectivity index (χ3v) is 2.40. The Morgan fingerprint density at radius 1 is 1.50 bits per heavy atom. The maximum absolute atomic E-state index is 11.7. The fraction of sp³-hybridized carbons (Fsp3) is 0.417. The van der Waals surface area contributed by atoms with E-state index in [-0.39, 0.29) is 29.9 Å². The van der Waals surface area contributed by atoms with Crippen LogP contribution in [0.1, 0.15) is 29.8 Å². The number of phenols is 1. The Balaban J connectivity index is 2.91. The van der Waals surface area contributed by atoms with Gasteiger partial charge in [-0.15, -0.1) is 0 Å². The van der Waals surface area contributed by atoms with E-state index in [4.69, 9.17) is 5.11 Å². The second-order valence-corrected chi connectivity index (χ2v) is 3.72. The molecule has 16 heavy (non-hydrogen) atoms. The van der Waals surface area contributed by atoms with E-state index >= 15 is 0 Å². The van der Waals surface area contributed by atoms with Crippen molar-refractivity contribution in [2.24, 2.45) is 0 Å². The van der Waals surface area contributed by atoms with Crippen LogP contribution >= 0.6 is 0 Å². The fourth-order valence-electron chi connectivity index (χ4n) is 1.41. The molecule has 0 aliphatic rings. The van der Waals surface area contributed by atoms with Gasteiger partial charge in [0.15, 0.2) is 0 Å². The van der Waals surface area contributed by atoms with Gasteiger partial charge in [-0.05, 0) is 25.0 Å². The summed E-state index contributed by atoms with van der Waals surface area (Å²) in [6, 6.07) is 4.75. The van der Waals surface area contributed by atoms with Gasteiger partial charge in [-0.1, -0.05) is 19.1 Å². The predicted molar refractivity (Wildman–Crippen MR) is 61.5 cm³/mol. The van der Waals surface area contributed by atoms with Crippen molar-refractivity contribution in [3.8, 4) is 5.75 Å². The number of para-hydroxylation sites is 1. The fourth-order valence-corrected chi connectivity index (χ4v) is 1.41. The normalized spacial score (nSPS) is 12.2. The number of aryl methyl sites for hydroxylation is 1. The Labute approximate surface area is 94.9 Å². The number of phenolic OH excluding ortho intramolecular Hbond substituents is 1. The maximum Gasteiger partial charge on any atom is 0.255 e. The van der Waals surface area contributed by atoms with E-state index in [1.807, 2.05) is 6.92 Å². The molecule has 0 spiro atoms. The monoisotopic (exact) mass is 223 g/mol. The van der Waals surface area contributed by atoms with Crippen LogP contribution in [0, 0.1) is 0 Å². The van der Waals surface area contributed by atoms with Gasteiger partial charge in [0.05, 0.1) is 12.2 Å². The van der Waals surface area contributed by atoms with Crippen LogP contribution in [0.5, 0.6) is 5.75 Å². The summed E-state index contributed by atoms with van der Waals surface area (Å²) in [5, 5.41) is 21.2. The third kappa shape index (κ3) is 2.73. The average Bonchev–Trinajstić information content (AvgIpc) is 2.29. The van der Waals surface area contributed by atoms with Crippen LogP contribution in [0.4, 0.5) is 0 Å². The smallest absolute Gasteiger partial charge is 0.255 e. The van der Waals surface area contributed by atoms with Gasteiger partial charge < -0.3 is 15.5 Å². The largest absolute Gasteiger partial charge is 0.507 e. The second-order valence-electron chi connectivity index (χ2n) is 3.72. The molecule has 0 heterocycles. The first-order chi connectivity index (χ1) is 7.60. The lowest BCUT2D eigenvalue weighted by atomic mass is 10.1. The summed E-state index contributed by atoms with van der Waals surface area (Å²) in [5.74, 6) is -0.345. The Bertz CT molecular complexity index is 377. The molecule has 4 heteroatoms. The molecule has 0 aliphatic heterocycles. The van der Waals surface area contributed by atoms with Crippen LogP contribution in [0.15, 0.2) is 18.2 Å². The number of aliphatic hydroxyl groups excluding tert-OH is 1. The SMILES string of the molecule is CCc1cccc(C(=O)NC(C)CO)c1O. The molecule has 0 radical (unpaired) electrons. The number of carbonyl (C=O) groups excluding carboxylic acids is 1. The van der Waals surface area contributed by atoms with E-state index in [0.717, 1.165) is 5.56 Å². The molecule has 1 aromatic carbocycles. The number of aliphatic hydroxyl groups is 1. The number of hydrogen-bond donors (Lipinski definition) is 3. The van der Waals surface area contributed by atoms with Gasteiger partial charge in [0.25, 0.3) is 5.91 Å². The first-order valence-corrected chi connectivity index (χ1v) is 5.32. The molecule has 0 aromatic heterocycles. The molecule has 1 aromatic rings. The summed E-state index contributed by atoms with van der Waals surface area (Å²) in [7, 11) is 0. The molecule has 0 saturated heterocycles. The standard InChI is InChI=1S/C12H17NO3/c1-3-9-5-4-6-10(11(9)15)12(16)13-8(2)7-14/h4-6,8,14-15H,3,7H2,1-2H3,(H,13,16). The van der Waals surface area contributed by atoms with Crippen molar-refractivity contribution in [2.45, 2.75) is 26.3 Å². The minimum atomic E-state index is -0.366. The van der Waals surface area contributed by atoms with Crippen molar-refractivity contribution in [1.82, 2.24) is 5.32 Å². The van der Waals surface area contributed by atoms with Crippen molar-refractivity contribution in [3.05, 3.63) is 29.3 Å². The van der Waals surface area contributed by atoms with Gasteiger partial charge in [0.1, 0.15) is 5.75 Å². The first kappa shape index (κ1) is 12.5. The van der Waals surface area contributed by atoms with Crippen LogP contribution in [0.2, 0.25) is 0 Å². The molecular formula is C12H17NO3. The molecule has 1 unspecified atom stereocenters. The molecule has 1 atom stereocenters. The maximum atomic E-state index is 11.7. The molecule has 1 amide bonds. The lowest BCUT2D eigenvalue weighted by molar-refractivity contribution is 0.0919. The molecule has 1 rings (SSSR count). The van der Waals surface area contributed by atoms with Gasteiger partial charge in [-0.25, -0.2) is 0 Å². The number of carbonyl (C=O) groups is 1. The van der Waals surface area contributed by atoms with Crippen LogP contribution < -0.4 is 5.32 Å². The Hall–Kier alpha value is -1.55. The minimum Gasteiger partial charge on any atom is -0.507 e. The van der Waals surface area contributed by atoms with E-state index < -0.39 is 0 Å². The molecule has 4 nitrogen and oxygen atoms in total. The lowest BCUT2D eigenvalue weighted by Crippen LogP contribution is -2.35. The quantitative estimate of drug-likeness (QED) is 0.715. The highest BCUT2D eigenvalue weighted by Crippen LogP contribution is 2.22. The number of hydrogen-bond acceptors (Lipinski definition) is 3. The molecule has 3 N–H and O–H groups in total. The summed E-state index contributed by atoms with van der Waals surface area (Å²) >= 11 is 0. The van der Waals surface area contributed by atoms with Crippen LogP contribution in [0.3, 0.4) is 0 Å². The molecule has 0 bridgehead atoms. The average molecular weight is 223 g/mol. The number of aromatic hydroxyl groups is 1. The Morgan fingerprint density at radius 3 is 2.75 bits per heavy atom. The zero-order valence-corrected chi connectivity index (χ0v) is 9.53. The zero-order valence-electron chi connectivity index (χ0n) is 9.53. The number of rotatable bonds is 4. The highest BCUT2D eigenvalue weighted by atomic mass is 16.3. The van der Waals surface area contributed by atoms with Crippen LogP contribution in [-0.4, -0.2) is 28.8 Å². The van der Waals surface area contributed by atoms with E-state index in [0.29, 0.717) is 6.42 Å².